The lowest BCUT2D eigenvalue weighted by Crippen LogP contribution is -2.28. The molecular formula is C18H26FNO. The Bertz CT molecular complexity index is 586. The van der Waals surface area contributed by atoms with Crippen LogP contribution in [-0.4, -0.2) is 6.54 Å². The summed E-state index contributed by atoms with van der Waals surface area (Å²) in [5.41, 5.74) is 1.84. The minimum Gasteiger partial charge on any atom is -0.459 e. The van der Waals surface area contributed by atoms with E-state index in [1.54, 1.807) is 12.1 Å². The average Bonchev–Trinajstić information content (AvgIpc) is 2.80. The number of rotatable bonds is 7. The zero-order chi connectivity index (χ0) is 15.4. The van der Waals surface area contributed by atoms with Crippen molar-refractivity contribution in [3.05, 3.63) is 35.3 Å². The average molecular weight is 291 g/mol. The maximum atomic E-state index is 13.5. The van der Waals surface area contributed by atoms with Gasteiger partial charge in [0.1, 0.15) is 17.2 Å². The highest BCUT2D eigenvalue weighted by atomic mass is 19.1. The summed E-state index contributed by atoms with van der Waals surface area (Å²) < 4.78 is 19.5. The molecule has 0 aliphatic heterocycles. The van der Waals surface area contributed by atoms with Crippen molar-refractivity contribution in [2.75, 3.05) is 6.54 Å². The van der Waals surface area contributed by atoms with E-state index in [9.17, 15) is 4.39 Å². The maximum Gasteiger partial charge on any atom is 0.134 e. The first kappa shape index (κ1) is 16.0. The minimum atomic E-state index is -0.210. The lowest BCUT2D eigenvalue weighted by molar-refractivity contribution is 0.299. The molecular weight excluding hydrogens is 265 g/mol. The quantitative estimate of drug-likeness (QED) is 0.743. The fourth-order valence-corrected chi connectivity index (χ4v) is 3.04. The smallest absolute Gasteiger partial charge is 0.134 e. The molecule has 0 bridgehead atoms. The molecule has 2 rings (SSSR count). The lowest BCUT2D eigenvalue weighted by Gasteiger charge is -2.25. The third kappa shape index (κ3) is 3.29. The zero-order valence-corrected chi connectivity index (χ0v) is 13.5. The van der Waals surface area contributed by atoms with Crippen molar-refractivity contribution in [1.82, 2.24) is 5.32 Å². The van der Waals surface area contributed by atoms with Crippen LogP contribution in [0.1, 0.15) is 57.4 Å². The van der Waals surface area contributed by atoms with Crippen LogP contribution in [0, 0.1) is 18.7 Å². The van der Waals surface area contributed by atoms with Crippen LogP contribution in [0.3, 0.4) is 0 Å². The Labute approximate surface area is 126 Å². The topological polar surface area (TPSA) is 25.2 Å². The number of hydrogen-bond donors (Lipinski definition) is 1. The first-order chi connectivity index (χ1) is 10.1. The van der Waals surface area contributed by atoms with Gasteiger partial charge in [-0.3, -0.25) is 0 Å². The van der Waals surface area contributed by atoms with Crippen molar-refractivity contribution in [2.24, 2.45) is 5.92 Å². The summed E-state index contributed by atoms with van der Waals surface area (Å²) in [5, 5.41) is 4.50. The van der Waals surface area contributed by atoms with Gasteiger partial charge in [0.2, 0.25) is 0 Å². The summed E-state index contributed by atoms with van der Waals surface area (Å²) >= 11 is 0. The van der Waals surface area contributed by atoms with E-state index >= 15 is 0 Å². The monoisotopic (exact) mass is 291 g/mol. The Morgan fingerprint density at radius 2 is 1.90 bits per heavy atom. The standard InChI is InChI=1S/C18H26FNO/c1-5-10-20-17(13(6-2)7-3)18-12(4)15-11-14(19)8-9-16(15)21-18/h8-9,11,13,17,20H,5-7,10H2,1-4H3. The van der Waals surface area contributed by atoms with Crippen LogP contribution in [0.2, 0.25) is 0 Å². The molecule has 0 spiro atoms. The molecule has 21 heavy (non-hydrogen) atoms. The SMILES string of the molecule is CCCNC(c1oc2ccc(F)cc2c1C)C(CC)CC. The third-order valence-electron chi connectivity index (χ3n) is 4.35. The molecule has 0 saturated heterocycles. The van der Waals surface area contributed by atoms with Gasteiger partial charge in [0.05, 0.1) is 6.04 Å². The summed E-state index contributed by atoms with van der Waals surface area (Å²) in [6.45, 7) is 9.59. The molecule has 116 valence electrons. The molecule has 1 atom stereocenters. The molecule has 0 radical (unpaired) electrons. The van der Waals surface area contributed by atoms with E-state index in [1.807, 2.05) is 6.92 Å². The van der Waals surface area contributed by atoms with Crippen molar-refractivity contribution >= 4 is 11.0 Å². The predicted molar refractivity (Wildman–Crippen MR) is 86.0 cm³/mol. The normalized spacial score (nSPS) is 13.2. The van der Waals surface area contributed by atoms with Gasteiger partial charge < -0.3 is 9.73 Å². The van der Waals surface area contributed by atoms with E-state index in [2.05, 4.69) is 26.1 Å². The van der Waals surface area contributed by atoms with Crippen molar-refractivity contribution in [2.45, 2.75) is 53.0 Å². The first-order valence-electron chi connectivity index (χ1n) is 8.04. The van der Waals surface area contributed by atoms with Gasteiger partial charge in [-0.15, -0.1) is 0 Å². The summed E-state index contributed by atoms with van der Waals surface area (Å²) in [6.07, 6.45) is 3.29. The van der Waals surface area contributed by atoms with Crippen molar-refractivity contribution < 1.29 is 8.81 Å². The number of aryl methyl sites for hydroxylation is 1. The Kier molecular flexibility index (Phi) is 5.40. The molecule has 0 fully saturated rings. The molecule has 2 aromatic rings. The number of halogens is 1. The Morgan fingerprint density at radius 1 is 1.19 bits per heavy atom. The summed E-state index contributed by atoms with van der Waals surface area (Å²) in [7, 11) is 0. The molecule has 0 aliphatic carbocycles. The van der Waals surface area contributed by atoms with Gasteiger partial charge in [-0.1, -0.05) is 33.6 Å². The Hall–Kier alpha value is -1.35. The van der Waals surface area contributed by atoms with Crippen LogP contribution < -0.4 is 5.32 Å². The first-order valence-corrected chi connectivity index (χ1v) is 8.04. The van der Waals surface area contributed by atoms with E-state index in [0.29, 0.717) is 5.92 Å². The van der Waals surface area contributed by atoms with Crippen LogP contribution in [0.5, 0.6) is 0 Å². The number of nitrogens with one attached hydrogen (secondary N) is 1. The zero-order valence-electron chi connectivity index (χ0n) is 13.5. The predicted octanol–water partition coefficient (Wildman–Crippen LogP) is 5.36. The van der Waals surface area contributed by atoms with Gasteiger partial charge in [-0.2, -0.15) is 0 Å². The molecule has 1 aromatic carbocycles. The Morgan fingerprint density at radius 3 is 2.52 bits per heavy atom. The third-order valence-corrected chi connectivity index (χ3v) is 4.35. The van der Waals surface area contributed by atoms with Gasteiger partial charge in [0.25, 0.3) is 0 Å². The van der Waals surface area contributed by atoms with Crippen LogP contribution in [0.25, 0.3) is 11.0 Å². The highest BCUT2D eigenvalue weighted by molar-refractivity contribution is 5.82. The molecule has 1 unspecified atom stereocenters. The number of hydrogen-bond acceptors (Lipinski definition) is 2. The number of fused-ring (bicyclic) bond motifs is 1. The van der Waals surface area contributed by atoms with E-state index in [1.165, 1.54) is 6.07 Å². The van der Waals surface area contributed by atoms with Crippen molar-refractivity contribution in [1.29, 1.82) is 0 Å². The van der Waals surface area contributed by atoms with Crippen molar-refractivity contribution in [3.8, 4) is 0 Å². The highest BCUT2D eigenvalue weighted by Gasteiger charge is 2.26. The second kappa shape index (κ2) is 7.08. The molecule has 1 aromatic heterocycles. The van der Waals surface area contributed by atoms with Crippen LogP contribution in [-0.2, 0) is 0 Å². The molecule has 1 N–H and O–H groups in total. The largest absolute Gasteiger partial charge is 0.459 e. The summed E-state index contributed by atoms with van der Waals surface area (Å²) in [5.74, 6) is 1.29. The molecule has 0 aliphatic rings. The van der Waals surface area contributed by atoms with Gasteiger partial charge >= 0.3 is 0 Å². The maximum absolute atomic E-state index is 13.5. The van der Waals surface area contributed by atoms with Gasteiger partial charge in [0, 0.05) is 10.9 Å². The minimum absolute atomic E-state index is 0.204. The summed E-state index contributed by atoms with van der Waals surface area (Å²) in [4.78, 5) is 0. The number of furan rings is 1. The Balaban J connectivity index is 2.45. The lowest BCUT2D eigenvalue weighted by atomic mass is 9.90. The van der Waals surface area contributed by atoms with E-state index in [4.69, 9.17) is 4.42 Å². The molecule has 1 heterocycles. The van der Waals surface area contributed by atoms with Crippen LogP contribution in [0.4, 0.5) is 4.39 Å². The number of benzene rings is 1. The van der Waals surface area contributed by atoms with Crippen LogP contribution in [0.15, 0.2) is 22.6 Å². The summed E-state index contributed by atoms with van der Waals surface area (Å²) in [6, 6.07) is 4.96. The molecule has 2 nitrogen and oxygen atoms in total. The van der Waals surface area contributed by atoms with Crippen molar-refractivity contribution in [3.63, 3.8) is 0 Å². The fraction of sp³-hybridized carbons (Fsp3) is 0.556. The highest BCUT2D eigenvalue weighted by Crippen LogP contribution is 2.35. The second-order valence-electron chi connectivity index (χ2n) is 5.74. The molecule has 0 saturated carbocycles. The van der Waals surface area contributed by atoms with E-state index in [-0.39, 0.29) is 11.9 Å². The van der Waals surface area contributed by atoms with Gasteiger partial charge in [-0.05, 0) is 44.0 Å². The molecule has 3 heteroatoms. The van der Waals surface area contributed by atoms with Crippen LogP contribution >= 0.6 is 0 Å². The van der Waals surface area contributed by atoms with Gasteiger partial charge in [-0.25, -0.2) is 4.39 Å². The van der Waals surface area contributed by atoms with E-state index in [0.717, 1.165) is 48.1 Å². The molecule has 0 amide bonds. The fourth-order valence-electron chi connectivity index (χ4n) is 3.04. The van der Waals surface area contributed by atoms with Gasteiger partial charge in [0.15, 0.2) is 0 Å². The second-order valence-corrected chi connectivity index (χ2v) is 5.74. The van der Waals surface area contributed by atoms with E-state index < -0.39 is 0 Å².